The second-order valence-corrected chi connectivity index (χ2v) is 7.92. The predicted octanol–water partition coefficient (Wildman–Crippen LogP) is 4.32. The Hall–Kier alpha value is -4.31. The zero-order chi connectivity index (χ0) is 24.8. The van der Waals surface area contributed by atoms with Crippen LogP contribution >= 0.6 is 11.6 Å². The molecule has 0 saturated heterocycles. The third-order valence-electron chi connectivity index (χ3n) is 5.09. The van der Waals surface area contributed by atoms with Crippen LogP contribution in [0.3, 0.4) is 0 Å². The number of hydrogen-bond acceptors (Lipinski definition) is 8. The minimum atomic E-state index is -0.631. The molecule has 2 heterocycles. The number of halogens is 1. The Balaban J connectivity index is 1.57. The van der Waals surface area contributed by atoms with Gasteiger partial charge in [0.15, 0.2) is 0 Å². The first-order chi connectivity index (χ1) is 17.0. The van der Waals surface area contributed by atoms with E-state index in [1.165, 1.54) is 10.8 Å². The lowest BCUT2D eigenvalue weighted by molar-refractivity contribution is 0.480. The van der Waals surface area contributed by atoms with Gasteiger partial charge in [-0.1, -0.05) is 28.9 Å². The van der Waals surface area contributed by atoms with E-state index in [0.29, 0.717) is 27.9 Å². The summed E-state index contributed by atoms with van der Waals surface area (Å²) in [6.45, 7) is 2.13. The van der Waals surface area contributed by atoms with Gasteiger partial charge in [0, 0.05) is 17.3 Å². The molecule has 0 aliphatic carbocycles. The quantitative estimate of drug-likeness (QED) is 0.345. The molecule has 0 aliphatic heterocycles. The fourth-order valence-electron chi connectivity index (χ4n) is 3.31. The van der Waals surface area contributed by atoms with Gasteiger partial charge in [0.2, 0.25) is 5.95 Å². The van der Waals surface area contributed by atoms with Crippen LogP contribution in [0.4, 0.5) is 11.6 Å². The molecule has 0 bridgehead atoms. The van der Waals surface area contributed by atoms with Crippen molar-refractivity contribution in [2.24, 2.45) is 5.18 Å². The second-order valence-electron chi connectivity index (χ2n) is 7.48. The van der Waals surface area contributed by atoms with E-state index < -0.39 is 11.4 Å². The Morgan fingerprint density at radius 3 is 2.31 bits per heavy atom. The van der Waals surface area contributed by atoms with Crippen LogP contribution in [0.15, 0.2) is 81.6 Å². The van der Waals surface area contributed by atoms with Crippen LogP contribution in [-0.4, -0.2) is 19.1 Å². The summed E-state index contributed by atoms with van der Waals surface area (Å²) in [5.41, 5.74) is 0.885. The Labute approximate surface area is 204 Å². The van der Waals surface area contributed by atoms with Crippen LogP contribution in [0.2, 0.25) is 5.02 Å². The number of aromatic nitrogens is 4. The van der Waals surface area contributed by atoms with Gasteiger partial charge in [-0.2, -0.15) is 9.89 Å². The van der Waals surface area contributed by atoms with Gasteiger partial charge >= 0.3 is 11.4 Å². The van der Waals surface area contributed by atoms with Gasteiger partial charge in [-0.3, -0.25) is 9.55 Å². The molecule has 4 aromatic rings. The summed E-state index contributed by atoms with van der Waals surface area (Å²) in [5, 5.41) is 6.44. The zero-order valence-electron chi connectivity index (χ0n) is 18.7. The summed E-state index contributed by atoms with van der Waals surface area (Å²) in [6, 6.07) is 17.4. The molecule has 10 nitrogen and oxygen atoms in total. The number of hydrogen-bond donors (Lipinski definition) is 1. The summed E-state index contributed by atoms with van der Waals surface area (Å²) in [6.07, 6.45) is 1.51. The normalized spacial score (nSPS) is 10.7. The van der Waals surface area contributed by atoms with E-state index in [-0.39, 0.29) is 25.6 Å². The highest BCUT2D eigenvalue weighted by Crippen LogP contribution is 2.24. The highest BCUT2D eigenvalue weighted by molar-refractivity contribution is 6.30. The van der Waals surface area contributed by atoms with Gasteiger partial charge in [-0.25, -0.2) is 14.2 Å². The minimum absolute atomic E-state index is 0.000586. The van der Waals surface area contributed by atoms with Gasteiger partial charge < -0.3 is 10.1 Å². The lowest BCUT2D eigenvalue weighted by atomic mass is 10.2. The van der Waals surface area contributed by atoms with Crippen molar-refractivity contribution >= 4 is 23.2 Å². The first-order valence-corrected chi connectivity index (χ1v) is 11.1. The Morgan fingerprint density at radius 1 is 0.971 bits per heavy atom. The summed E-state index contributed by atoms with van der Waals surface area (Å²) in [4.78, 5) is 43.9. The van der Waals surface area contributed by atoms with Crippen molar-refractivity contribution in [2.75, 3.05) is 5.32 Å². The van der Waals surface area contributed by atoms with Gasteiger partial charge in [-0.15, -0.1) is 0 Å². The number of nitrogens with one attached hydrogen (secondary N) is 1. The van der Waals surface area contributed by atoms with Crippen molar-refractivity contribution in [3.8, 4) is 11.5 Å². The molecule has 35 heavy (non-hydrogen) atoms. The van der Waals surface area contributed by atoms with Crippen molar-refractivity contribution in [3.63, 3.8) is 0 Å². The lowest BCUT2D eigenvalue weighted by Gasteiger charge is -2.15. The maximum absolute atomic E-state index is 13.0. The molecule has 1 N–H and O–H groups in total. The van der Waals surface area contributed by atoms with Gasteiger partial charge in [0.1, 0.15) is 18.0 Å². The molecule has 0 radical (unpaired) electrons. The van der Waals surface area contributed by atoms with Crippen LogP contribution in [0.5, 0.6) is 11.5 Å². The molecule has 0 atom stereocenters. The molecule has 4 rings (SSSR count). The van der Waals surface area contributed by atoms with Crippen LogP contribution in [0.25, 0.3) is 0 Å². The van der Waals surface area contributed by atoms with E-state index >= 15 is 0 Å². The van der Waals surface area contributed by atoms with Crippen molar-refractivity contribution in [1.29, 1.82) is 0 Å². The van der Waals surface area contributed by atoms with E-state index in [9.17, 15) is 14.5 Å². The Bertz CT molecular complexity index is 1430. The van der Waals surface area contributed by atoms with Crippen LogP contribution in [-0.2, 0) is 19.6 Å². The van der Waals surface area contributed by atoms with Gasteiger partial charge in [0.25, 0.3) is 0 Å². The molecule has 0 aliphatic rings. The van der Waals surface area contributed by atoms with Gasteiger partial charge in [0.05, 0.1) is 18.4 Å². The van der Waals surface area contributed by atoms with Gasteiger partial charge in [-0.05, 0) is 61.0 Å². The summed E-state index contributed by atoms with van der Waals surface area (Å²) in [7, 11) is 0. The third kappa shape index (κ3) is 5.79. The zero-order valence-corrected chi connectivity index (χ0v) is 19.5. The molecule has 0 spiro atoms. The highest BCUT2D eigenvalue weighted by Gasteiger charge is 2.13. The van der Waals surface area contributed by atoms with Crippen molar-refractivity contribution in [2.45, 2.75) is 26.6 Å². The number of anilines is 2. The van der Waals surface area contributed by atoms with Crippen LogP contribution in [0, 0.1) is 4.91 Å². The minimum Gasteiger partial charge on any atom is -0.456 e. The number of rotatable bonds is 9. The maximum Gasteiger partial charge on any atom is 0.354 e. The standard InChI is InChI=1S/C24H21ClN6O4/c1-2-30-23(32)29-22(31(24(30)33)15-16-3-5-17(25)6-4-16)28-18-7-10-20(11-8-18)35-21-12-9-19(13-27-34)26-14-21/h3-12,14H,2,13,15H2,1H3,(H,28,29,32). The van der Waals surface area contributed by atoms with E-state index in [1.54, 1.807) is 55.5 Å². The average molecular weight is 493 g/mol. The van der Waals surface area contributed by atoms with Crippen molar-refractivity contribution < 1.29 is 4.74 Å². The second kappa shape index (κ2) is 10.7. The maximum atomic E-state index is 13.0. The molecule has 2 aromatic heterocycles. The van der Waals surface area contributed by atoms with E-state index in [2.05, 4.69) is 20.5 Å². The molecule has 178 valence electrons. The molecular formula is C24H21ClN6O4. The number of pyridine rings is 1. The average Bonchev–Trinajstić information content (AvgIpc) is 2.85. The molecule has 0 fully saturated rings. The lowest BCUT2D eigenvalue weighted by Crippen LogP contribution is -2.42. The largest absolute Gasteiger partial charge is 0.456 e. The number of benzene rings is 2. The third-order valence-corrected chi connectivity index (χ3v) is 5.34. The molecule has 11 heteroatoms. The molecule has 0 saturated carbocycles. The Morgan fingerprint density at radius 2 is 1.69 bits per heavy atom. The van der Waals surface area contributed by atoms with Crippen LogP contribution in [0.1, 0.15) is 18.2 Å². The van der Waals surface area contributed by atoms with E-state index in [4.69, 9.17) is 16.3 Å². The Kier molecular flexibility index (Phi) is 7.32. The number of nitroso groups, excluding NO2 is 1. The molecule has 0 unspecified atom stereocenters. The summed E-state index contributed by atoms with van der Waals surface area (Å²) >= 11 is 5.97. The topological polar surface area (TPSA) is 120 Å². The van der Waals surface area contributed by atoms with E-state index in [1.807, 2.05) is 12.1 Å². The smallest absolute Gasteiger partial charge is 0.354 e. The number of nitrogens with zero attached hydrogens (tertiary/aromatic N) is 5. The van der Waals surface area contributed by atoms with E-state index in [0.717, 1.165) is 10.1 Å². The SMILES string of the molecule is CCn1c(=O)nc(Nc2ccc(Oc3ccc(CN=O)nc3)cc2)n(Cc2ccc(Cl)cc2)c1=O. The monoisotopic (exact) mass is 492 g/mol. The summed E-state index contributed by atoms with van der Waals surface area (Å²) in [5.74, 6) is 1.17. The molecule has 0 amide bonds. The fraction of sp³-hybridized carbons (Fsp3) is 0.167. The first kappa shape index (κ1) is 23.8. The molecular weight excluding hydrogens is 472 g/mol. The predicted molar refractivity (Wildman–Crippen MR) is 133 cm³/mol. The number of ether oxygens (including phenoxy) is 1. The first-order valence-electron chi connectivity index (χ1n) is 10.7. The molecule has 2 aromatic carbocycles. The highest BCUT2D eigenvalue weighted by atomic mass is 35.5. The van der Waals surface area contributed by atoms with Crippen molar-refractivity contribution in [1.82, 2.24) is 19.1 Å². The van der Waals surface area contributed by atoms with Crippen molar-refractivity contribution in [3.05, 3.63) is 109 Å². The fourth-order valence-corrected chi connectivity index (χ4v) is 3.44. The van der Waals surface area contributed by atoms with Crippen LogP contribution < -0.4 is 21.4 Å². The summed E-state index contributed by atoms with van der Waals surface area (Å²) < 4.78 is 8.24.